The van der Waals surface area contributed by atoms with Gasteiger partial charge in [-0.1, -0.05) is 12.1 Å². The van der Waals surface area contributed by atoms with Crippen LogP contribution in [0.15, 0.2) is 47.5 Å². The molecule has 0 radical (unpaired) electrons. The molecule has 0 fully saturated rings. The van der Waals surface area contributed by atoms with Gasteiger partial charge in [-0.25, -0.2) is 0 Å². The Hall–Kier alpha value is -2.49. The van der Waals surface area contributed by atoms with Crippen molar-refractivity contribution in [3.8, 4) is 11.5 Å². The van der Waals surface area contributed by atoms with Gasteiger partial charge in [-0.15, -0.1) is 24.0 Å². The van der Waals surface area contributed by atoms with Gasteiger partial charge in [0, 0.05) is 37.5 Å². The van der Waals surface area contributed by atoms with Crippen molar-refractivity contribution in [2.75, 3.05) is 37.9 Å². The Balaban J connectivity index is 0.00000420. The summed E-state index contributed by atoms with van der Waals surface area (Å²) >= 11 is 0. The third-order valence-corrected chi connectivity index (χ3v) is 3.94. The Labute approximate surface area is 189 Å². The van der Waals surface area contributed by atoms with Crippen molar-refractivity contribution >= 4 is 47.2 Å². The van der Waals surface area contributed by atoms with Gasteiger partial charge in [0.15, 0.2) is 17.5 Å². The number of hydrogen-bond donors (Lipinski definition) is 3. The minimum Gasteiger partial charge on any atom is -0.493 e. The Morgan fingerprint density at radius 2 is 1.62 bits per heavy atom. The molecule has 158 valence electrons. The molecule has 8 heteroatoms. The highest BCUT2D eigenvalue weighted by atomic mass is 127. The number of nitrogens with zero attached hydrogens (tertiary/aromatic N) is 1. The molecule has 0 aliphatic heterocycles. The SMILES string of the molecule is CCNC(=NCCc1ccc(NC(C)=O)cc1)Nc1ccc(OC)c(OC)c1.I. The maximum Gasteiger partial charge on any atom is 0.221 e. The predicted molar refractivity (Wildman–Crippen MR) is 129 cm³/mol. The zero-order valence-corrected chi connectivity index (χ0v) is 19.6. The van der Waals surface area contributed by atoms with Gasteiger partial charge in [0.25, 0.3) is 0 Å². The Morgan fingerprint density at radius 1 is 0.966 bits per heavy atom. The largest absolute Gasteiger partial charge is 0.493 e. The van der Waals surface area contributed by atoms with Gasteiger partial charge >= 0.3 is 0 Å². The van der Waals surface area contributed by atoms with E-state index in [1.807, 2.05) is 49.4 Å². The number of halogens is 1. The summed E-state index contributed by atoms with van der Waals surface area (Å²) in [7, 11) is 3.22. The first-order valence-corrected chi connectivity index (χ1v) is 9.19. The summed E-state index contributed by atoms with van der Waals surface area (Å²) in [6.07, 6.45) is 0.795. The fourth-order valence-electron chi connectivity index (χ4n) is 2.61. The summed E-state index contributed by atoms with van der Waals surface area (Å²) in [6.45, 7) is 4.90. The lowest BCUT2D eigenvalue weighted by Crippen LogP contribution is -2.30. The number of anilines is 2. The van der Waals surface area contributed by atoms with Crippen LogP contribution in [0.5, 0.6) is 11.5 Å². The molecule has 7 nitrogen and oxygen atoms in total. The van der Waals surface area contributed by atoms with Crippen molar-refractivity contribution in [2.24, 2.45) is 4.99 Å². The Bertz CT molecular complexity index is 810. The van der Waals surface area contributed by atoms with Crippen molar-refractivity contribution < 1.29 is 14.3 Å². The number of carbonyl (C=O) groups is 1. The third-order valence-electron chi connectivity index (χ3n) is 3.94. The molecule has 0 atom stereocenters. The minimum atomic E-state index is -0.0751. The summed E-state index contributed by atoms with van der Waals surface area (Å²) < 4.78 is 10.6. The number of hydrogen-bond acceptors (Lipinski definition) is 4. The summed E-state index contributed by atoms with van der Waals surface area (Å²) in [5, 5.41) is 9.27. The fraction of sp³-hybridized carbons (Fsp3) is 0.333. The molecule has 0 aromatic heterocycles. The lowest BCUT2D eigenvalue weighted by molar-refractivity contribution is -0.114. The number of carbonyl (C=O) groups excluding carboxylic acids is 1. The van der Waals surface area contributed by atoms with Crippen molar-refractivity contribution in [1.82, 2.24) is 5.32 Å². The molecule has 0 bridgehead atoms. The molecule has 2 rings (SSSR count). The van der Waals surface area contributed by atoms with E-state index in [2.05, 4.69) is 20.9 Å². The van der Waals surface area contributed by atoms with E-state index in [9.17, 15) is 4.79 Å². The second-order valence-electron chi connectivity index (χ2n) is 6.08. The van der Waals surface area contributed by atoms with Gasteiger partial charge in [0.05, 0.1) is 14.2 Å². The number of nitrogens with one attached hydrogen (secondary N) is 3. The topological polar surface area (TPSA) is 84.0 Å². The van der Waals surface area contributed by atoms with Crippen molar-refractivity contribution in [3.63, 3.8) is 0 Å². The summed E-state index contributed by atoms with van der Waals surface area (Å²) in [5.41, 5.74) is 2.81. The zero-order valence-electron chi connectivity index (χ0n) is 17.2. The van der Waals surface area contributed by atoms with Gasteiger partial charge in [-0.3, -0.25) is 9.79 Å². The van der Waals surface area contributed by atoms with Crippen molar-refractivity contribution in [2.45, 2.75) is 20.3 Å². The summed E-state index contributed by atoms with van der Waals surface area (Å²) in [5.74, 6) is 1.96. The number of amides is 1. The quantitative estimate of drug-likeness (QED) is 0.284. The van der Waals surface area contributed by atoms with Crippen LogP contribution < -0.4 is 25.4 Å². The van der Waals surface area contributed by atoms with Crippen LogP contribution in [0.25, 0.3) is 0 Å². The molecule has 29 heavy (non-hydrogen) atoms. The highest BCUT2D eigenvalue weighted by molar-refractivity contribution is 14.0. The van der Waals surface area contributed by atoms with E-state index in [-0.39, 0.29) is 29.9 Å². The first-order valence-electron chi connectivity index (χ1n) is 9.19. The van der Waals surface area contributed by atoms with Crippen LogP contribution in [0.3, 0.4) is 0 Å². The van der Waals surface area contributed by atoms with Crippen LogP contribution >= 0.6 is 24.0 Å². The molecule has 0 unspecified atom stereocenters. The molecule has 3 N–H and O–H groups in total. The van der Waals surface area contributed by atoms with Crippen LogP contribution in [0.4, 0.5) is 11.4 Å². The average molecular weight is 512 g/mol. The van der Waals surface area contributed by atoms with Gasteiger partial charge < -0.3 is 25.4 Å². The van der Waals surface area contributed by atoms with Gasteiger partial charge in [-0.05, 0) is 43.2 Å². The molecule has 2 aromatic rings. The van der Waals surface area contributed by atoms with Crippen LogP contribution in [0.1, 0.15) is 19.4 Å². The van der Waals surface area contributed by atoms with Gasteiger partial charge in [0.1, 0.15) is 0 Å². The fourth-order valence-corrected chi connectivity index (χ4v) is 2.61. The number of ether oxygens (including phenoxy) is 2. The van der Waals surface area contributed by atoms with E-state index in [0.717, 1.165) is 29.9 Å². The Morgan fingerprint density at radius 3 is 2.21 bits per heavy atom. The first-order chi connectivity index (χ1) is 13.5. The lowest BCUT2D eigenvalue weighted by Gasteiger charge is -2.14. The summed E-state index contributed by atoms with van der Waals surface area (Å²) in [4.78, 5) is 15.7. The van der Waals surface area contributed by atoms with Crippen LogP contribution in [0, 0.1) is 0 Å². The normalized spacial score (nSPS) is 10.6. The average Bonchev–Trinajstić information content (AvgIpc) is 2.69. The molecule has 0 aliphatic carbocycles. The number of benzene rings is 2. The predicted octanol–water partition coefficient (Wildman–Crippen LogP) is 3.90. The van der Waals surface area contributed by atoms with E-state index in [4.69, 9.17) is 9.47 Å². The third kappa shape index (κ3) is 8.18. The monoisotopic (exact) mass is 512 g/mol. The molecule has 0 spiro atoms. The minimum absolute atomic E-state index is 0. The highest BCUT2D eigenvalue weighted by Gasteiger charge is 2.06. The molecular weight excluding hydrogens is 483 g/mol. The van der Waals surface area contributed by atoms with Crippen LogP contribution in [-0.2, 0) is 11.2 Å². The Kier molecular flexibility index (Phi) is 10.9. The maximum atomic E-state index is 11.1. The highest BCUT2D eigenvalue weighted by Crippen LogP contribution is 2.29. The summed E-state index contributed by atoms with van der Waals surface area (Å²) in [6, 6.07) is 13.4. The van der Waals surface area contributed by atoms with Gasteiger partial charge in [0.2, 0.25) is 5.91 Å². The molecule has 1 amide bonds. The second-order valence-corrected chi connectivity index (χ2v) is 6.08. The number of guanidine groups is 1. The van der Waals surface area contributed by atoms with Crippen LogP contribution in [0.2, 0.25) is 0 Å². The van der Waals surface area contributed by atoms with E-state index >= 15 is 0 Å². The van der Waals surface area contributed by atoms with E-state index in [1.165, 1.54) is 6.92 Å². The molecule has 0 saturated heterocycles. The second kappa shape index (κ2) is 12.9. The molecule has 0 heterocycles. The molecule has 0 aliphatic rings. The zero-order chi connectivity index (χ0) is 20.4. The maximum absolute atomic E-state index is 11.1. The van der Waals surface area contributed by atoms with Crippen LogP contribution in [-0.4, -0.2) is 39.2 Å². The van der Waals surface area contributed by atoms with E-state index in [0.29, 0.717) is 24.0 Å². The smallest absolute Gasteiger partial charge is 0.221 e. The van der Waals surface area contributed by atoms with E-state index < -0.39 is 0 Å². The first kappa shape index (κ1) is 24.5. The number of methoxy groups -OCH3 is 2. The van der Waals surface area contributed by atoms with E-state index in [1.54, 1.807) is 14.2 Å². The standard InChI is InChI=1S/C21H28N4O3.HI/c1-5-22-21(25-18-10-11-19(27-3)20(14-18)28-4)23-13-12-16-6-8-17(9-7-16)24-15(2)26;/h6-11,14H,5,12-13H2,1-4H3,(H,24,26)(H2,22,23,25);1H. The van der Waals surface area contributed by atoms with Crippen molar-refractivity contribution in [3.05, 3.63) is 48.0 Å². The molecule has 0 saturated carbocycles. The number of aliphatic imine (C=N–C) groups is 1. The molecular formula is C21H29IN4O3. The molecule has 2 aromatic carbocycles. The number of rotatable bonds is 8. The van der Waals surface area contributed by atoms with Gasteiger partial charge in [-0.2, -0.15) is 0 Å². The van der Waals surface area contributed by atoms with Crippen molar-refractivity contribution in [1.29, 1.82) is 0 Å². The lowest BCUT2D eigenvalue weighted by atomic mass is 10.1.